The van der Waals surface area contributed by atoms with Gasteiger partial charge in [0.05, 0.1) is 38.2 Å². The van der Waals surface area contributed by atoms with Crippen molar-refractivity contribution in [3.8, 4) is 17.0 Å². The minimum Gasteiger partial charge on any atom is -0.475 e. The van der Waals surface area contributed by atoms with E-state index in [1.165, 1.54) is 12.1 Å². The molecule has 3 aliphatic rings. The molecule has 5 rings (SSSR count). The van der Waals surface area contributed by atoms with Gasteiger partial charge in [-0.3, -0.25) is 0 Å². The lowest BCUT2D eigenvalue weighted by atomic mass is 10.00. The van der Waals surface area contributed by atoms with Crippen molar-refractivity contribution in [3.63, 3.8) is 0 Å². The number of pyridine rings is 1. The number of aryl methyl sites for hydroxylation is 1. The highest BCUT2D eigenvalue weighted by Crippen LogP contribution is 2.57. The molecule has 0 radical (unpaired) electrons. The Balaban J connectivity index is 1.46. The summed E-state index contributed by atoms with van der Waals surface area (Å²) in [5.74, 6) is 0.0568. The molecule has 2 aromatic rings. The Morgan fingerprint density at radius 2 is 1.97 bits per heavy atom. The second kappa shape index (κ2) is 10.2. The molecular weight excluding hydrogens is 512 g/mol. The lowest BCUT2D eigenvalue weighted by Gasteiger charge is -2.37. The molecule has 0 spiro atoms. The number of ether oxygens (including phenoxy) is 3. The van der Waals surface area contributed by atoms with Gasteiger partial charge in [-0.15, -0.1) is 0 Å². The van der Waals surface area contributed by atoms with E-state index < -0.39 is 29.7 Å². The fourth-order valence-electron chi connectivity index (χ4n) is 5.01. The van der Waals surface area contributed by atoms with Crippen LogP contribution in [0.2, 0.25) is 0 Å². The summed E-state index contributed by atoms with van der Waals surface area (Å²) in [6.45, 7) is 3.43. The molecule has 1 aliphatic carbocycles. The number of morpholine rings is 2. The average molecular weight is 541 g/mol. The number of rotatable bonds is 6. The summed E-state index contributed by atoms with van der Waals surface area (Å²) in [6.07, 6.45) is -6.14. The summed E-state index contributed by atoms with van der Waals surface area (Å²) in [6, 6.07) is 4.98. The van der Waals surface area contributed by atoms with Gasteiger partial charge in [0, 0.05) is 32.1 Å². The zero-order valence-electron chi connectivity index (χ0n) is 20.7. The molecule has 38 heavy (non-hydrogen) atoms. The van der Waals surface area contributed by atoms with Crippen molar-refractivity contribution in [3.05, 3.63) is 35.6 Å². The Morgan fingerprint density at radius 1 is 1.21 bits per heavy atom. The summed E-state index contributed by atoms with van der Waals surface area (Å²) in [5, 5.41) is 11.5. The number of anilines is 2. The van der Waals surface area contributed by atoms with Crippen molar-refractivity contribution in [1.82, 2.24) is 9.88 Å². The SMILES string of the molecule is Cc1cc(F)c(NC(=O)N2CCOC3CC32C(F)(F)F)cc1-c1cc(OCCO)nc(N2CCOCC2)c1. The van der Waals surface area contributed by atoms with E-state index >= 15 is 0 Å². The number of fused-ring (bicyclic) bond motifs is 1. The van der Waals surface area contributed by atoms with Crippen molar-refractivity contribution >= 4 is 17.5 Å². The van der Waals surface area contributed by atoms with Gasteiger partial charge >= 0.3 is 12.2 Å². The number of aliphatic hydroxyl groups is 1. The number of benzene rings is 1. The summed E-state index contributed by atoms with van der Waals surface area (Å²) in [4.78, 5) is 20.2. The van der Waals surface area contributed by atoms with Gasteiger partial charge in [-0.25, -0.2) is 9.18 Å². The predicted molar refractivity (Wildman–Crippen MR) is 129 cm³/mol. The van der Waals surface area contributed by atoms with E-state index in [4.69, 9.17) is 14.2 Å². The van der Waals surface area contributed by atoms with Gasteiger partial charge < -0.3 is 34.4 Å². The number of amides is 2. The molecule has 2 atom stereocenters. The molecule has 1 saturated carbocycles. The monoisotopic (exact) mass is 540 g/mol. The van der Waals surface area contributed by atoms with E-state index in [9.17, 15) is 27.5 Å². The molecule has 1 aromatic heterocycles. The summed E-state index contributed by atoms with van der Waals surface area (Å²) in [7, 11) is 0. The first-order valence-corrected chi connectivity index (χ1v) is 12.3. The van der Waals surface area contributed by atoms with Crippen molar-refractivity contribution in [2.45, 2.75) is 31.2 Å². The Morgan fingerprint density at radius 3 is 2.68 bits per heavy atom. The first kappa shape index (κ1) is 26.4. The minimum atomic E-state index is -4.68. The molecule has 206 valence electrons. The fraction of sp³-hybridized carbons (Fsp3) is 0.520. The van der Waals surface area contributed by atoms with E-state index in [0.29, 0.717) is 53.7 Å². The standard InChI is InChI=1S/C25H28F4N4O5/c1-15-10-18(26)19(30-23(35)33-4-8-37-20-14-24(20,33)25(27,28)29)13-17(15)16-11-21(32-2-6-36-7-3-32)31-22(12-16)38-9-5-34/h10-13,20,34H,2-9,14H2,1H3,(H,30,35). The van der Waals surface area contributed by atoms with Crippen LogP contribution in [0.4, 0.5) is 33.9 Å². The Labute approximate surface area is 216 Å². The van der Waals surface area contributed by atoms with Crippen molar-refractivity contribution in [1.29, 1.82) is 0 Å². The molecule has 2 unspecified atom stereocenters. The topological polar surface area (TPSA) is 96.4 Å². The number of aromatic nitrogens is 1. The summed E-state index contributed by atoms with van der Waals surface area (Å²) >= 11 is 0. The van der Waals surface area contributed by atoms with Crippen LogP contribution in [-0.2, 0) is 9.47 Å². The summed E-state index contributed by atoms with van der Waals surface area (Å²) in [5.41, 5.74) is -0.976. The Hall–Kier alpha value is -3.16. The van der Waals surface area contributed by atoms with Crippen LogP contribution in [0.25, 0.3) is 11.1 Å². The maximum atomic E-state index is 15.0. The first-order chi connectivity index (χ1) is 18.1. The maximum absolute atomic E-state index is 15.0. The van der Waals surface area contributed by atoms with Crippen LogP contribution in [-0.4, -0.2) is 91.5 Å². The zero-order valence-corrected chi connectivity index (χ0v) is 20.7. The highest BCUT2D eigenvalue weighted by Gasteiger charge is 2.77. The Kier molecular flexibility index (Phi) is 7.09. The molecule has 3 heterocycles. The molecule has 2 amide bonds. The number of hydrogen-bond acceptors (Lipinski definition) is 7. The summed E-state index contributed by atoms with van der Waals surface area (Å²) < 4.78 is 72.6. The van der Waals surface area contributed by atoms with Gasteiger partial charge in [-0.2, -0.15) is 18.2 Å². The quantitative estimate of drug-likeness (QED) is 0.543. The highest BCUT2D eigenvalue weighted by atomic mass is 19.4. The molecule has 9 nitrogen and oxygen atoms in total. The largest absolute Gasteiger partial charge is 0.475 e. The van der Waals surface area contributed by atoms with Crippen LogP contribution < -0.4 is 15.0 Å². The van der Waals surface area contributed by atoms with Crippen molar-refractivity contribution in [2.75, 3.05) is 62.9 Å². The van der Waals surface area contributed by atoms with E-state index in [0.717, 1.165) is 0 Å². The van der Waals surface area contributed by atoms with Gasteiger partial charge in [0.2, 0.25) is 5.88 Å². The molecule has 2 saturated heterocycles. The number of carbonyl (C=O) groups is 1. The second-order valence-electron chi connectivity index (χ2n) is 9.44. The van der Waals surface area contributed by atoms with E-state index in [1.807, 2.05) is 4.90 Å². The Bertz CT molecular complexity index is 1210. The smallest absolute Gasteiger partial charge is 0.414 e. The molecule has 2 N–H and O–H groups in total. The maximum Gasteiger partial charge on any atom is 0.414 e. The van der Waals surface area contributed by atoms with E-state index in [-0.39, 0.29) is 44.4 Å². The van der Waals surface area contributed by atoms with Crippen LogP contribution >= 0.6 is 0 Å². The zero-order chi connectivity index (χ0) is 27.1. The lowest BCUT2D eigenvalue weighted by Crippen LogP contribution is -2.58. The van der Waals surface area contributed by atoms with Crippen LogP contribution in [0.3, 0.4) is 0 Å². The number of halogens is 4. The number of hydrogen-bond donors (Lipinski definition) is 2. The third-order valence-electron chi connectivity index (χ3n) is 7.05. The number of nitrogens with one attached hydrogen (secondary N) is 1. The predicted octanol–water partition coefficient (Wildman–Crippen LogP) is 3.34. The van der Waals surface area contributed by atoms with Gasteiger partial charge in [-0.1, -0.05) is 0 Å². The number of nitrogens with zero attached hydrogens (tertiary/aromatic N) is 3. The first-order valence-electron chi connectivity index (χ1n) is 12.3. The molecule has 1 aromatic carbocycles. The van der Waals surface area contributed by atoms with Gasteiger partial charge in [0.1, 0.15) is 18.2 Å². The van der Waals surface area contributed by atoms with Crippen LogP contribution in [0.5, 0.6) is 5.88 Å². The third-order valence-corrected chi connectivity index (χ3v) is 7.05. The van der Waals surface area contributed by atoms with Crippen molar-refractivity contribution in [2.24, 2.45) is 0 Å². The number of alkyl halides is 3. The molecule has 0 bridgehead atoms. The van der Waals surface area contributed by atoms with Gasteiger partial charge in [0.25, 0.3) is 0 Å². The number of aliphatic hydroxyl groups excluding tert-OH is 1. The molecule has 2 aliphatic heterocycles. The molecular formula is C25H28F4N4O5. The van der Waals surface area contributed by atoms with Crippen molar-refractivity contribution < 1.29 is 41.7 Å². The minimum absolute atomic E-state index is 0.0181. The second-order valence-corrected chi connectivity index (χ2v) is 9.44. The van der Waals surface area contributed by atoms with Crippen LogP contribution in [0, 0.1) is 12.7 Å². The van der Waals surface area contributed by atoms with Gasteiger partial charge in [-0.05, 0) is 41.8 Å². The van der Waals surface area contributed by atoms with Gasteiger partial charge in [0.15, 0.2) is 5.54 Å². The molecule has 13 heteroatoms. The van der Waals surface area contributed by atoms with E-state index in [2.05, 4.69) is 10.3 Å². The number of urea groups is 1. The third kappa shape index (κ3) is 4.85. The number of carbonyl (C=O) groups excluding carboxylic acids is 1. The average Bonchev–Trinajstić information content (AvgIpc) is 3.66. The highest BCUT2D eigenvalue weighted by molar-refractivity contribution is 5.92. The van der Waals surface area contributed by atoms with E-state index in [1.54, 1.807) is 19.1 Å². The van der Waals surface area contributed by atoms with Crippen LogP contribution in [0.1, 0.15) is 12.0 Å². The van der Waals surface area contributed by atoms with Crippen LogP contribution in [0.15, 0.2) is 24.3 Å². The fourth-order valence-corrected chi connectivity index (χ4v) is 5.01. The lowest BCUT2D eigenvalue weighted by molar-refractivity contribution is -0.210. The normalized spacial score (nSPS) is 23.2. The molecule has 3 fully saturated rings.